The fraction of sp³-hybridized carbons (Fsp3) is 0.214. The Hall–Kier alpha value is -3.96. The van der Waals surface area contributed by atoms with Crippen LogP contribution < -0.4 is 10.6 Å². The first-order valence-corrected chi connectivity index (χ1v) is 13.4. The number of benzene rings is 2. The smallest absolute Gasteiger partial charge is 0.350 e. The van der Waals surface area contributed by atoms with Crippen molar-refractivity contribution in [3.8, 4) is 11.3 Å². The second-order valence-corrected chi connectivity index (χ2v) is 10.4. The molecule has 4 rings (SSSR count). The molecule has 4 aromatic rings. The van der Waals surface area contributed by atoms with E-state index < -0.39 is 29.6 Å². The van der Waals surface area contributed by atoms with Gasteiger partial charge in [0.2, 0.25) is 0 Å². The van der Waals surface area contributed by atoms with Gasteiger partial charge in [-0.3, -0.25) is 19.1 Å². The van der Waals surface area contributed by atoms with Crippen molar-refractivity contribution in [3.63, 3.8) is 0 Å². The number of aryl methyl sites for hydroxylation is 1. The molecule has 0 fully saturated rings. The van der Waals surface area contributed by atoms with Crippen LogP contribution in [-0.2, 0) is 19.1 Å². The van der Waals surface area contributed by atoms with Gasteiger partial charge in [-0.1, -0.05) is 48.0 Å². The molecule has 0 saturated heterocycles. The molecule has 40 heavy (non-hydrogen) atoms. The van der Waals surface area contributed by atoms with E-state index in [1.807, 2.05) is 6.92 Å². The van der Waals surface area contributed by atoms with Crippen LogP contribution in [0.25, 0.3) is 11.3 Å². The quantitative estimate of drug-likeness (QED) is 0.226. The van der Waals surface area contributed by atoms with Gasteiger partial charge in [0, 0.05) is 36.0 Å². The Bertz CT molecular complexity index is 1530. The van der Waals surface area contributed by atoms with Crippen LogP contribution in [0.4, 0.5) is 13.2 Å². The number of nitrogens with zero attached hydrogens (tertiary/aromatic N) is 2. The topological polar surface area (TPSA) is 93.1 Å². The highest BCUT2D eigenvalue weighted by Gasteiger charge is 2.33. The fourth-order valence-corrected chi connectivity index (χ4v) is 5.45. The second kappa shape index (κ2) is 12.5. The highest BCUT2D eigenvalue weighted by atomic mass is 35.5. The predicted octanol–water partition coefficient (Wildman–Crippen LogP) is 5.89. The molecule has 0 aliphatic rings. The van der Waals surface area contributed by atoms with Crippen molar-refractivity contribution >= 4 is 41.0 Å². The number of rotatable bonds is 10. The Morgan fingerprint density at radius 3 is 2.55 bits per heavy atom. The molecular formula is C28H24ClF3N4O3S. The van der Waals surface area contributed by atoms with E-state index in [1.54, 1.807) is 35.1 Å². The molecule has 2 N–H and O–H groups in total. The van der Waals surface area contributed by atoms with E-state index in [0.29, 0.717) is 22.7 Å². The summed E-state index contributed by atoms with van der Waals surface area (Å²) in [5.74, 6) is -1.15. The van der Waals surface area contributed by atoms with Gasteiger partial charge in [0.1, 0.15) is 4.34 Å². The molecule has 1 atom stereocenters. The Morgan fingerprint density at radius 2 is 1.82 bits per heavy atom. The molecule has 2 aromatic heterocycles. The summed E-state index contributed by atoms with van der Waals surface area (Å²) < 4.78 is 43.1. The summed E-state index contributed by atoms with van der Waals surface area (Å²) in [6, 6.07) is 13.6. The Morgan fingerprint density at radius 1 is 1.10 bits per heavy atom. The molecule has 208 valence electrons. The van der Waals surface area contributed by atoms with Gasteiger partial charge < -0.3 is 10.6 Å². The third kappa shape index (κ3) is 6.60. The van der Waals surface area contributed by atoms with Gasteiger partial charge >= 0.3 is 6.18 Å². The van der Waals surface area contributed by atoms with Gasteiger partial charge in [-0.2, -0.15) is 18.3 Å². The van der Waals surface area contributed by atoms with Gasteiger partial charge in [-0.25, -0.2) is 0 Å². The number of alkyl halides is 3. The standard InChI is InChI=1S/C28H24ClF3N4O3S/c1-2-36-23(11-12-34-36)21-14-24(40-25(21)29)27(39)35-19(13-17-7-4-6-10-22(17)28(30,31)32)15-33-26(38)20-9-5-3-8-18(20)16-37/h3-12,14,16,19H,2,13,15H2,1H3,(H,33,38)(H,35,39)/t19-/m0/s1. The van der Waals surface area contributed by atoms with Crippen LogP contribution in [0.15, 0.2) is 66.9 Å². The molecule has 7 nitrogen and oxygen atoms in total. The van der Waals surface area contributed by atoms with Crippen LogP contribution in [0.3, 0.4) is 0 Å². The van der Waals surface area contributed by atoms with Crippen molar-refractivity contribution in [2.24, 2.45) is 0 Å². The molecule has 0 aliphatic carbocycles. The zero-order chi connectivity index (χ0) is 28.9. The first kappa shape index (κ1) is 29.0. The van der Waals surface area contributed by atoms with E-state index in [-0.39, 0.29) is 34.5 Å². The maximum atomic E-state index is 13.7. The van der Waals surface area contributed by atoms with Gasteiger partial charge in [0.05, 0.1) is 22.2 Å². The summed E-state index contributed by atoms with van der Waals surface area (Å²) in [6.45, 7) is 2.30. The zero-order valence-electron chi connectivity index (χ0n) is 21.2. The molecule has 12 heteroatoms. The SMILES string of the molecule is CCn1nccc1-c1cc(C(=O)N[C@H](CNC(=O)c2ccccc2C=O)Cc2ccccc2C(F)(F)F)sc1Cl. The molecule has 2 heterocycles. The first-order valence-electron chi connectivity index (χ1n) is 12.2. The fourth-order valence-electron chi connectivity index (χ4n) is 4.26. The number of aldehydes is 1. The zero-order valence-corrected chi connectivity index (χ0v) is 22.7. The highest BCUT2D eigenvalue weighted by molar-refractivity contribution is 7.18. The molecule has 0 bridgehead atoms. The number of halogens is 4. The second-order valence-electron chi connectivity index (χ2n) is 8.77. The molecule has 2 amide bonds. The lowest BCUT2D eigenvalue weighted by molar-refractivity contribution is -0.138. The summed E-state index contributed by atoms with van der Waals surface area (Å²) in [5, 5.41) is 9.60. The van der Waals surface area contributed by atoms with Crippen molar-refractivity contribution < 1.29 is 27.6 Å². The lowest BCUT2D eigenvalue weighted by atomic mass is 9.99. The van der Waals surface area contributed by atoms with Crippen LogP contribution in [0, 0.1) is 0 Å². The molecule has 0 aliphatic heterocycles. The van der Waals surface area contributed by atoms with Crippen LogP contribution in [0.1, 0.15) is 48.4 Å². The third-order valence-corrected chi connectivity index (χ3v) is 7.53. The Labute approximate surface area is 237 Å². The van der Waals surface area contributed by atoms with Gasteiger partial charge in [-0.15, -0.1) is 11.3 Å². The van der Waals surface area contributed by atoms with E-state index in [1.165, 1.54) is 30.3 Å². The summed E-state index contributed by atoms with van der Waals surface area (Å²) >= 11 is 7.46. The predicted molar refractivity (Wildman–Crippen MR) is 147 cm³/mol. The van der Waals surface area contributed by atoms with Crippen LogP contribution in [-0.4, -0.2) is 40.5 Å². The number of carbonyl (C=O) groups is 3. The van der Waals surface area contributed by atoms with E-state index in [9.17, 15) is 27.6 Å². The van der Waals surface area contributed by atoms with Crippen LogP contribution in [0.2, 0.25) is 4.34 Å². The maximum Gasteiger partial charge on any atom is 0.416 e. The van der Waals surface area contributed by atoms with Gasteiger partial charge in [-0.05, 0) is 43.2 Å². The normalized spacial score (nSPS) is 12.1. The minimum absolute atomic E-state index is 0.0420. The molecule has 0 spiro atoms. The lowest BCUT2D eigenvalue weighted by Gasteiger charge is -2.21. The van der Waals surface area contributed by atoms with Crippen molar-refractivity contribution in [2.45, 2.75) is 32.1 Å². The molecule has 0 radical (unpaired) electrons. The van der Waals surface area contributed by atoms with E-state index >= 15 is 0 Å². The first-order chi connectivity index (χ1) is 19.1. The van der Waals surface area contributed by atoms with Gasteiger partial charge in [0.25, 0.3) is 11.8 Å². The maximum absolute atomic E-state index is 13.7. The number of hydrogen-bond donors (Lipinski definition) is 2. The third-order valence-electron chi connectivity index (χ3n) is 6.17. The number of nitrogens with one attached hydrogen (secondary N) is 2. The monoisotopic (exact) mass is 588 g/mol. The molecule has 0 unspecified atom stereocenters. The average Bonchev–Trinajstić information content (AvgIpc) is 3.57. The largest absolute Gasteiger partial charge is 0.416 e. The summed E-state index contributed by atoms with van der Waals surface area (Å²) in [6.07, 6.45) is -2.66. The molecular weight excluding hydrogens is 565 g/mol. The Balaban J connectivity index is 1.59. The van der Waals surface area contributed by atoms with E-state index in [0.717, 1.165) is 23.1 Å². The Kier molecular flexibility index (Phi) is 9.06. The van der Waals surface area contributed by atoms with E-state index in [4.69, 9.17) is 11.6 Å². The van der Waals surface area contributed by atoms with Crippen LogP contribution >= 0.6 is 22.9 Å². The summed E-state index contributed by atoms with van der Waals surface area (Å²) in [4.78, 5) is 37.7. The number of thiophene rings is 1. The van der Waals surface area contributed by atoms with Crippen molar-refractivity contribution in [2.75, 3.05) is 6.54 Å². The minimum Gasteiger partial charge on any atom is -0.350 e. The summed E-state index contributed by atoms with van der Waals surface area (Å²) in [5.41, 5.74) is 0.727. The van der Waals surface area contributed by atoms with Gasteiger partial charge in [0.15, 0.2) is 6.29 Å². The van der Waals surface area contributed by atoms with Crippen molar-refractivity contribution in [1.29, 1.82) is 0 Å². The number of carbonyl (C=O) groups excluding carboxylic acids is 3. The highest BCUT2D eigenvalue weighted by Crippen LogP contribution is 2.36. The lowest BCUT2D eigenvalue weighted by Crippen LogP contribution is -2.45. The van der Waals surface area contributed by atoms with Crippen molar-refractivity contribution in [3.05, 3.63) is 98.3 Å². The van der Waals surface area contributed by atoms with Crippen molar-refractivity contribution in [1.82, 2.24) is 20.4 Å². The summed E-state index contributed by atoms with van der Waals surface area (Å²) in [7, 11) is 0. The van der Waals surface area contributed by atoms with E-state index in [2.05, 4.69) is 15.7 Å². The number of hydrogen-bond acceptors (Lipinski definition) is 5. The number of aromatic nitrogens is 2. The van der Waals surface area contributed by atoms with Crippen LogP contribution in [0.5, 0.6) is 0 Å². The average molecular weight is 589 g/mol. The molecule has 0 saturated carbocycles. The minimum atomic E-state index is -4.60. The number of amides is 2. The molecule has 2 aromatic carbocycles.